The van der Waals surface area contributed by atoms with E-state index in [1.165, 1.54) is 51.7 Å². The van der Waals surface area contributed by atoms with Gasteiger partial charge in [0.1, 0.15) is 5.82 Å². The van der Waals surface area contributed by atoms with Crippen LogP contribution in [0.2, 0.25) is 0 Å². The van der Waals surface area contributed by atoms with Gasteiger partial charge in [-0.2, -0.15) is 4.37 Å². The van der Waals surface area contributed by atoms with Crippen molar-refractivity contribution in [2.45, 2.75) is 57.5 Å². The summed E-state index contributed by atoms with van der Waals surface area (Å²) in [5.74, 6) is 1.86. The fraction of sp³-hybridized carbons (Fsp3) is 0.867. The molecule has 4 rings (SSSR count). The number of aryl methyl sites for hydroxylation is 1. The second kappa shape index (κ2) is 5.26. The molecule has 0 bridgehead atoms. The van der Waals surface area contributed by atoms with Crippen molar-refractivity contribution in [3.8, 4) is 0 Å². The largest absolute Gasteiger partial charge is 0.346 e. The van der Waals surface area contributed by atoms with E-state index < -0.39 is 0 Å². The van der Waals surface area contributed by atoms with Crippen LogP contribution in [0.5, 0.6) is 0 Å². The average Bonchev–Trinajstić information content (AvgIpc) is 3.23. The van der Waals surface area contributed by atoms with Gasteiger partial charge in [-0.15, -0.1) is 0 Å². The number of piperidine rings is 2. The molecule has 0 spiro atoms. The zero-order valence-electron chi connectivity index (χ0n) is 12.3. The molecule has 0 radical (unpaired) electrons. The minimum Gasteiger partial charge on any atom is -0.346 e. The minimum atomic E-state index is 0.853. The highest BCUT2D eigenvalue weighted by Crippen LogP contribution is 2.39. The lowest BCUT2D eigenvalue weighted by atomic mass is 9.84. The maximum absolute atomic E-state index is 4.68. The van der Waals surface area contributed by atoms with Crippen LogP contribution in [0.15, 0.2) is 0 Å². The predicted molar refractivity (Wildman–Crippen MR) is 82.4 cm³/mol. The summed E-state index contributed by atoms with van der Waals surface area (Å²) in [6.45, 7) is 5.85. The van der Waals surface area contributed by atoms with Gasteiger partial charge in [0.25, 0.3) is 0 Å². The Morgan fingerprint density at radius 2 is 2.10 bits per heavy atom. The lowest BCUT2D eigenvalue weighted by molar-refractivity contribution is 0.0698. The molecule has 2 aliphatic heterocycles. The van der Waals surface area contributed by atoms with Gasteiger partial charge < -0.3 is 4.90 Å². The van der Waals surface area contributed by atoms with E-state index in [1.54, 1.807) is 11.5 Å². The molecule has 1 aromatic rings. The van der Waals surface area contributed by atoms with Crippen LogP contribution in [0.1, 0.15) is 44.9 Å². The zero-order chi connectivity index (χ0) is 13.5. The molecule has 3 heterocycles. The van der Waals surface area contributed by atoms with E-state index in [9.17, 15) is 0 Å². The number of aromatic nitrogens is 2. The van der Waals surface area contributed by atoms with Crippen molar-refractivity contribution >= 4 is 16.7 Å². The van der Waals surface area contributed by atoms with E-state index >= 15 is 0 Å². The number of likely N-dealkylation sites (tertiary alicyclic amines) is 1. The monoisotopic (exact) mass is 292 g/mol. The van der Waals surface area contributed by atoms with Crippen LogP contribution in [0.3, 0.4) is 0 Å². The van der Waals surface area contributed by atoms with Crippen molar-refractivity contribution < 1.29 is 0 Å². The molecule has 1 aromatic heterocycles. The molecular weight excluding hydrogens is 268 g/mol. The molecule has 20 heavy (non-hydrogen) atoms. The van der Waals surface area contributed by atoms with Crippen molar-refractivity contribution in [3.63, 3.8) is 0 Å². The highest BCUT2D eigenvalue weighted by atomic mass is 32.1. The standard InChI is InChI=1S/C15H24N4S/c1-2-14-16-15(20-17-14)18-9-7-13-11(10-18)4-3-8-19(13)12-5-6-12/h11-13H,2-10H2,1H3. The summed E-state index contributed by atoms with van der Waals surface area (Å²) in [4.78, 5) is 10.0. The maximum atomic E-state index is 4.68. The smallest absolute Gasteiger partial charge is 0.205 e. The molecule has 1 saturated carbocycles. The van der Waals surface area contributed by atoms with Gasteiger partial charge in [-0.05, 0) is 44.6 Å². The fourth-order valence-corrected chi connectivity index (χ4v) is 4.78. The Kier molecular flexibility index (Phi) is 3.42. The fourth-order valence-electron chi connectivity index (χ4n) is 3.99. The third-order valence-corrected chi connectivity index (χ3v) is 5.99. The molecule has 3 aliphatic rings. The van der Waals surface area contributed by atoms with E-state index in [0.717, 1.165) is 35.4 Å². The molecule has 2 unspecified atom stereocenters. The maximum Gasteiger partial charge on any atom is 0.205 e. The van der Waals surface area contributed by atoms with Crippen molar-refractivity contribution in [1.82, 2.24) is 14.3 Å². The molecule has 2 saturated heterocycles. The summed E-state index contributed by atoms with van der Waals surface area (Å²) in [7, 11) is 0. The number of anilines is 1. The van der Waals surface area contributed by atoms with Crippen LogP contribution in [0, 0.1) is 5.92 Å². The second-order valence-corrected chi connectivity index (χ2v) is 7.25. The summed E-state index contributed by atoms with van der Waals surface area (Å²) < 4.78 is 4.45. The van der Waals surface area contributed by atoms with Gasteiger partial charge in [0.05, 0.1) is 0 Å². The first kappa shape index (κ1) is 13.0. The number of rotatable bonds is 3. The van der Waals surface area contributed by atoms with Gasteiger partial charge in [0, 0.05) is 43.1 Å². The molecule has 2 atom stereocenters. The van der Waals surface area contributed by atoms with Gasteiger partial charge >= 0.3 is 0 Å². The second-order valence-electron chi connectivity index (χ2n) is 6.52. The Balaban J connectivity index is 1.46. The normalized spacial score (nSPS) is 31.4. The van der Waals surface area contributed by atoms with Crippen LogP contribution in [-0.2, 0) is 6.42 Å². The van der Waals surface area contributed by atoms with Crippen LogP contribution >= 0.6 is 11.5 Å². The van der Waals surface area contributed by atoms with Gasteiger partial charge in [0.2, 0.25) is 5.13 Å². The Hall–Kier alpha value is -0.680. The van der Waals surface area contributed by atoms with Gasteiger partial charge in [0.15, 0.2) is 0 Å². The van der Waals surface area contributed by atoms with Crippen molar-refractivity contribution in [2.24, 2.45) is 5.92 Å². The first-order chi connectivity index (χ1) is 9.85. The first-order valence-corrected chi connectivity index (χ1v) is 8.95. The molecule has 110 valence electrons. The van der Waals surface area contributed by atoms with E-state index in [0.29, 0.717) is 0 Å². The Morgan fingerprint density at radius 1 is 1.20 bits per heavy atom. The third-order valence-electron chi connectivity index (χ3n) is 5.17. The number of hydrogen-bond donors (Lipinski definition) is 0. The van der Waals surface area contributed by atoms with Crippen molar-refractivity contribution in [3.05, 3.63) is 5.82 Å². The molecular formula is C15H24N4S. The molecule has 0 amide bonds. The summed E-state index contributed by atoms with van der Waals surface area (Å²) >= 11 is 1.59. The number of hydrogen-bond acceptors (Lipinski definition) is 5. The van der Waals surface area contributed by atoms with Crippen molar-refractivity contribution in [1.29, 1.82) is 0 Å². The highest BCUT2D eigenvalue weighted by Gasteiger charge is 2.42. The Labute approximate surface area is 125 Å². The first-order valence-electron chi connectivity index (χ1n) is 8.18. The topological polar surface area (TPSA) is 32.3 Å². The van der Waals surface area contributed by atoms with Gasteiger partial charge in [-0.25, -0.2) is 4.98 Å². The predicted octanol–water partition coefficient (Wildman–Crippen LogP) is 2.55. The van der Waals surface area contributed by atoms with Crippen LogP contribution in [0.4, 0.5) is 5.13 Å². The number of nitrogens with zero attached hydrogens (tertiary/aromatic N) is 4. The van der Waals surface area contributed by atoms with Crippen LogP contribution < -0.4 is 4.90 Å². The Morgan fingerprint density at radius 3 is 2.85 bits per heavy atom. The molecule has 1 aliphatic carbocycles. The SMILES string of the molecule is CCc1nsc(N2CCC3C(CCCN3C3CC3)C2)n1. The van der Waals surface area contributed by atoms with Gasteiger partial charge in [-0.1, -0.05) is 6.92 Å². The molecule has 0 N–H and O–H groups in total. The summed E-state index contributed by atoms with van der Waals surface area (Å²) in [6.07, 6.45) is 7.96. The van der Waals surface area contributed by atoms with E-state index in [-0.39, 0.29) is 0 Å². The van der Waals surface area contributed by atoms with E-state index in [1.807, 2.05) is 0 Å². The quantitative estimate of drug-likeness (QED) is 0.857. The van der Waals surface area contributed by atoms with Gasteiger partial charge in [-0.3, -0.25) is 4.90 Å². The zero-order valence-corrected chi connectivity index (χ0v) is 13.1. The lowest BCUT2D eigenvalue weighted by Crippen LogP contribution is -2.54. The van der Waals surface area contributed by atoms with Crippen LogP contribution in [0.25, 0.3) is 0 Å². The molecule has 3 fully saturated rings. The summed E-state index contributed by atoms with van der Waals surface area (Å²) in [6, 6.07) is 1.79. The minimum absolute atomic E-state index is 0.853. The summed E-state index contributed by atoms with van der Waals surface area (Å²) in [5, 5.41) is 1.16. The van der Waals surface area contributed by atoms with E-state index in [2.05, 4.69) is 26.1 Å². The third kappa shape index (κ3) is 2.35. The molecule has 4 nitrogen and oxygen atoms in total. The highest BCUT2D eigenvalue weighted by molar-refractivity contribution is 7.09. The van der Waals surface area contributed by atoms with Crippen molar-refractivity contribution in [2.75, 3.05) is 24.5 Å². The van der Waals surface area contributed by atoms with Crippen LogP contribution in [-0.4, -0.2) is 46.0 Å². The number of fused-ring (bicyclic) bond motifs is 1. The molecule has 5 heteroatoms. The lowest BCUT2D eigenvalue weighted by Gasteiger charge is -2.47. The van der Waals surface area contributed by atoms with E-state index in [4.69, 9.17) is 0 Å². The average molecular weight is 292 g/mol. The molecule has 0 aromatic carbocycles. The summed E-state index contributed by atoms with van der Waals surface area (Å²) in [5.41, 5.74) is 0. The Bertz CT molecular complexity index is 470.